The number of aliphatic imine (C=N–C) groups is 1. The first kappa shape index (κ1) is 30.5. The molecule has 1 aliphatic heterocycles. The van der Waals surface area contributed by atoms with Crippen LogP contribution in [0.2, 0.25) is 0 Å². The molecule has 43 heavy (non-hydrogen) atoms. The molecule has 0 saturated heterocycles. The number of anilines is 1. The van der Waals surface area contributed by atoms with Gasteiger partial charge in [-0.15, -0.1) is 0 Å². The quantitative estimate of drug-likeness (QED) is 0.181. The number of benzene rings is 4. The number of nitrogens with one attached hydrogen (secondary N) is 1. The average molecular weight is 664 g/mol. The van der Waals surface area contributed by atoms with E-state index in [0.29, 0.717) is 40.1 Å². The first-order valence-electron chi connectivity index (χ1n) is 13.8. The van der Waals surface area contributed by atoms with E-state index in [1.807, 2.05) is 30.3 Å². The molecule has 10 heteroatoms. The molecule has 1 aliphatic rings. The third-order valence-corrected chi connectivity index (χ3v) is 9.56. The molecule has 0 radical (unpaired) electrons. The van der Waals surface area contributed by atoms with Crippen molar-refractivity contribution in [1.82, 2.24) is 0 Å². The van der Waals surface area contributed by atoms with Gasteiger partial charge >= 0.3 is 0 Å². The van der Waals surface area contributed by atoms with Crippen LogP contribution in [0.5, 0.6) is 5.75 Å². The maximum absolute atomic E-state index is 14.3. The number of carbonyl (C=O) groups excluding carboxylic acids is 1. The Labute approximate surface area is 259 Å². The number of para-hydroxylation sites is 1. The van der Waals surface area contributed by atoms with Crippen LogP contribution < -0.4 is 10.1 Å². The van der Waals surface area contributed by atoms with E-state index in [9.17, 15) is 13.2 Å². The first-order valence-corrected chi connectivity index (χ1v) is 16.3. The Morgan fingerprint density at radius 3 is 2.26 bits per heavy atom. The van der Waals surface area contributed by atoms with Crippen molar-refractivity contribution in [3.8, 4) is 5.75 Å². The van der Waals surface area contributed by atoms with Crippen molar-refractivity contribution in [2.75, 3.05) is 24.3 Å². The van der Waals surface area contributed by atoms with Crippen LogP contribution >= 0.6 is 15.9 Å². The topological polar surface area (TPSA) is 114 Å². The highest BCUT2D eigenvalue weighted by Gasteiger charge is 2.54. The van der Waals surface area contributed by atoms with Crippen LogP contribution in [0.15, 0.2) is 124 Å². The minimum atomic E-state index is -3.76. The minimum absolute atomic E-state index is 0.0340. The third-order valence-electron chi connectivity index (χ3n) is 7.10. The molecular weight excluding hydrogens is 632 g/mol. The van der Waals surface area contributed by atoms with Crippen molar-refractivity contribution in [3.63, 3.8) is 0 Å². The summed E-state index contributed by atoms with van der Waals surface area (Å²) in [6.45, 7) is 0.405. The van der Waals surface area contributed by atoms with E-state index in [2.05, 4.69) is 21.2 Å². The second-order valence-corrected chi connectivity index (χ2v) is 13.0. The van der Waals surface area contributed by atoms with E-state index in [1.54, 1.807) is 78.9 Å². The first-order chi connectivity index (χ1) is 20.8. The van der Waals surface area contributed by atoms with Gasteiger partial charge in [0.2, 0.25) is 5.90 Å². The summed E-state index contributed by atoms with van der Waals surface area (Å²) in [6, 6.07) is 31.6. The van der Waals surface area contributed by atoms with Gasteiger partial charge in [0.15, 0.2) is 21.5 Å². The van der Waals surface area contributed by atoms with Crippen molar-refractivity contribution in [1.29, 1.82) is 0 Å². The summed E-state index contributed by atoms with van der Waals surface area (Å²) in [7, 11) is -3.76. The zero-order valence-corrected chi connectivity index (χ0v) is 25.6. The van der Waals surface area contributed by atoms with Crippen LogP contribution in [-0.4, -0.2) is 49.8 Å². The lowest BCUT2D eigenvalue weighted by atomic mass is 9.85. The summed E-state index contributed by atoms with van der Waals surface area (Å²) in [5.74, 6) is 0.00245. The molecule has 222 valence electrons. The van der Waals surface area contributed by atoms with E-state index in [4.69, 9.17) is 19.6 Å². The van der Waals surface area contributed by atoms with Crippen LogP contribution in [0.1, 0.15) is 30.1 Å². The van der Waals surface area contributed by atoms with Crippen LogP contribution in [0.3, 0.4) is 0 Å². The Bertz CT molecular complexity index is 1680. The lowest BCUT2D eigenvalue weighted by Gasteiger charge is -2.31. The number of sulfone groups is 1. The number of ether oxygens (including phenoxy) is 2. The molecule has 5 rings (SSSR count). The second-order valence-electron chi connectivity index (χ2n) is 10.0. The second kappa shape index (κ2) is 13.5. The number of nitrogens with zero attached hydrogens (tertiary/aromatic N) is 1. The summed E-state index contributed by atoms with van der Waals surface area (Å²) in [5, 5.41) is 12.0. The number of hydrogen-bond donors (Lipinski definition) is 2. The van der Waals surface area contributed by atoms with E-state index >= 15 is 0 Å². The third kappa shape index (κ3) is 6.98. The number of halogens is 1. The standard InChI is InChI=1S/C33H31BrN2O6S/c34-29-15-8-7-14-28(29)30-33(32(38)35-25-10-3-1-4-11-25,20-23-43(39,40)27-12-5-2-6-13-27)36-31(42-30)24-16-18-26(19-17-24)41-22-9-21-37/h1-8,10-19,30,37H,9,20-23H2,(H,35,38)/t30-,33-/m1/s1. The Kier molecular flexibility index (Phi) is 9.59. The number of amides is 1. The number of aliphatic hydroxyl groups excluding tert-OH is 1. The molecule has 0 fully saturated rings. The summed E-state index contributed by atoms with van der Waals surface area (Å²) in [4.78, 5) is 19.4. The molecule has 0 aromatic heterocycles. The van der Waals surface area contributed by atoms with Crippen LogP contribution in [-0.2, 0) is 19.4 Å². The van der Waals surface area contributed by atoms with Gasteiger partial charge in [0.1, 0.15) is 5.75 Å². The fourth-order valence-corrected chi connectivity index (χ4v) is 6.71. The van der Waals surface area contributed by atoms with Crippen molar-refractivity contribution < 1.29 is 27.8 Å². The molecule has 0 aliphatic carbocycles. The molecule has 4 aromatic carbocycles. The summed E-state index contributed by atoms with van der Waals surface area (Å²) >= 11 is 3.60. The van der Waals surface area contributed by atoms with Gasteiger partial charge < -0.3 is 19.9 Å². The van der Waals surface area contributed by atoms with Gasteiger partial charge in [0, 0.05) is 40.7 Å². The Balaban J connectivity index is 1.58. The number of carbonyl (C=O) groups is 1. The van der Waals surface area contributed by atoms with E-state index < -0.39 is 27.4 Å². The molecule has 0 saturated carbocycles. The Morgan fingerprint density at radius 1 is 0.930 bits per heavy atom. The highest BCUT2D eigenvalue weighted by Crippen LogP contribution is 2.45. The lowest BCUT2D eigenvalue weighted by molar-refractivity contribution is -0.123. The molecule has 1 heterocycles. The average Bonchev–Trinajstić information content (AvgIpc) is 3.42. The zero-order chi connectivity index (χ0) is 30.3. The van der Waals surface area contributed by atoms with Gasteiger partial charge in [-0.25, -0.2) is 13.4 Å². The fraction of sp³-hybridized carbons (Fsp3) is 0.212. The highest BCUT2D eigenvalue weighted by atomic mass is 79.9. The molecule has 0 unspecified atom stereocenters. The maximum Gasteiger partial charge on any atom is 0.256 e. The van der Waals surface area contributed by atoms with Gasteiger partial charge in [0.25, 0.3) is 5.91 Å². The van der Waals surface area contributed by atoms with Crippen molar-refractivity contribution in [2.24, 2.45) is 4.99 Å². The molecule has 1 amide bonds. The number of hydrogen-bond acceptors (Lipinski definition) is 7. The summed E-state index contributed by atoms with van der Waals surface area (Å²) < 4.78 is 39.8. The molecular formula is C33H31BrN2O6S. The lowest BCUT2D eigenvalue weighted by Crippen LogP contribution is -2.46. The Hall–Kier alpha value is -3.99. The van der Waals surface area contributed by atoms with Crippen molar-refractivity contribution in [2.45, 2.75) is 29.4 Å². The van der Waals surface area contributed by atoms with E-state index in [0.717, 1.165) is 0 Å². The molecule has 2 N–H and O–H groups in total. The highest BCUT2D eigenvalue weighted by molar-refractivity contribution is 9.10. The molecule has 0 bridgehead atoms. The van der Waals surface area contributed by atoms with Crippen molar-refractivity contribution >= 4 is 43.3 Å². The number of aliphatic hydroxyl groups is 1. The minimum Gasteiger partial charge on any atom is -0.494 e. The van der Waals surface area contributed by atoms with Gasteiger partial charge in [-0.2, -0.15) is 0 Å². The number of rotatable bonds is 12. The van der Waals surface area contributed by atoms with Crippen LogP contribution in [0.4, 0.5) is 5.69 Å². The van der Waals surface area contributed by atoms with Gasteiger partial charge in [-0.1, -0.05) is 70.5 Å². The molecule has 0 spiro atoms. The van der Waals surface area contributed by atoms with Crippen LogP contribution in [0.25, 0.3) is 0 Å². The fourth-order valence-electron chi connectivity index (χ4n) is 4.83. The van der Waals surface area contributed by atoms with Gasteiger partial charge in [0.05, 0.1) is 17.3 Å². The summed E-state index contributed by atoms with van der Waals surface area (Å²) in [6.07, 6.45) is -0.565. The largest absolute Gasteiger partial charge is 0.494 e. The van der Waals surface area contributed by atoms with Crippen molar-refractivity contribution in [3.05, 3.63) is 125 Å². The SMILES string of the molecule is O=C(Nc1ccccc1)[C@]1(CCS(=O)(=O)c2ccccc2)N=C(c2ccc(OCCCO)cc2)O[C@@H]1c1ccccc1Br. The molecule has 4 aromatic rings. The maximum atomic E-state index is 14.3. The van der Waals surface area contributed by atoms with E-state index in [1.165, 1.54) is 0 Å². The normalized spacial score (nSPS) is 18.0. The predicted octanol–water partition coefficient (Wildman–Crippen LogP) is 5.97. The van der Waals surface area contributed by atoms with Gasteiger partial charge in [-0.05, 0) is 54.6 Å². The molecule has 8 nitrogen and oxygen atoms in total. The van der Waals surface area contributed by atoms with Crippen LogP contribution in [0, 0.1) is 0 Å². The predicted molar refractivity (Wildman–Crippen MR) is 169 cm³/mol. The smallest absolute Gasteiger partial charge is 0.256 e. The zero-order valence-electron chi connectivity index (χ0n) is 23.2. The summed E-state index contributed by atoms with van der Waals surface area (Å²) in [5.41, 5.74) is 0.182. The Morgan fingerprint density at radius 2 is 1.58 bits per heavy atom. The molecule has 2 atom stereocenters. The monoisotopic (exact) mass is 662 g/mol. The van der Waals surface area contributed by atoms with Gasteiger partial charge in [-0.3, -0.25) is 4.79 Å². The van der Waals surface area contributed by atoms with E-state index in [-0.39, 0.29) is 29.6 Å².